The van der Waals surface area contributed by atoms with E-state index in [2.05, 4.69) is 11.1 Å². The van der Waals surface area contributed by atoms with Crippen LogP contribution in [0.2, 0.25) is 0 Å². The van der Waals surface area contributed by atoms with Gasteiger partial charge in [0.2, 0.25) is 5.13 Å². The van der Waals surface area contributed by atoms with Crippen LogP contribution in [0.5, 0.6) is 11.5 Å². The molecule has 1 N–H and O–H groups in total. The van der Waals surface area contributed by atoms with E-state index < -0.39 is 4.92 Å². The van der Waals surface area contributed by atoms with E-state index in [9.17, 15) is 15.2 Å². The van der Waals surface area contributed by atoms with Crippen LogP contribution in [0, 0.1) is 24.0 Å². The van der Waals surface area contributed by atoms with E-state index >= 15 is 0 Å². The molecular weight excluding hydrogens is 450 g/mol. The Kier molecular flexibility index (Phi) is 6.70. The number of phenolic OH excluding ortho intramolecular Hbond substituents is 1. The SMILES string of the molecule is CCOc1cc(C=Nc2nc(-c3ccc(C)cc3C)c(-c3ccc([N+](=O)[O-])cc3)s2)ccc1O. The Morgan fingerprint density at radius 2 is 1.88 bits per heavy atom. The fourth-order valence-electron chi connectivity index (χ4n) is 3.57. The lowest BCUT2D eigenvalue weighted by Crippen LogP contribution is -1.93. The zero-order valence-corrected chi connectivity index (χ0v) is 19.8. The number of aliphatic imine (C=N–C) groups is 1. The normalized spacial score (nSPS) is 11.1. The summed E-state index contributed by atoms with van der Waals surface area (Å²) < 4.78 is 5.44. The summed E-state index contributed by atoms with van der Waals surface area (Å²) in [6.45, 7) is 6.37. The van der Waals surface area contributed by atoms with Gasteiger partial charge in [0, 0.05) is 23.9 Å². The van der Waals surface area contributed by atoms with Gasteiger partial charge in [0.1, 0.15) is 0 Å². The molecule has 7 nitrogen and oxygen atoms in total. The zero-order valence-electron chi connectivity index (χ0n) is 19.0. The van der Waals surface area contributed by atoms with Crippen molar-refractivity contribution in [3.05, 3.63) is 87.5 Å². The van der Waals surface area contributed by atoms with Crippen LogP contribution in [0.3, 0.4) is 0 Å². The lowest BCUT2D eigenvalue weighted by atomic mass is 10.0. The van der Waals surface area contributed by atoms with Crippen molar-refractivity contribution in [2.24, 2.45) is 4.99 Å². The number of rotatable bonds is 7. The van der Waals surface area contributed by atoms with E-state index in [0.717, 1.165) is 38.4 Å². The maximum atomic E-state index is 11.1. The molecule has 1 aromatic heterocycles. The summed E-state index contributed by atoms with van der Waals surface area (Å²) in [7, 11) is 0. The van der Waals surface area contributed by atoms with Crippen LogP contribution in [0.25, 0.3) is 21.7 Å². The summed E-state index contributed by atoms with van der Waals surface area (Å²) in [5.41, 5.74) is 5.65. The minimum Gasteiger partial charge on any atom is -0.504 e. The van der Waals surface area contributed by atoms with Crippen molar-refractivity contribution < 1.29 is 14.8 Å². The number of non-ortho nitro benzene ring substituents is 1. The number of benzene rings is 3. The maximum absolute atomic E-state index is 11.1. The predicted octanol–water partition coefficient (Wildman–Crippen LogP) is 6.86. The molecule has 0 atom stereocenters. The van der Waals surface area contributed by atoms with Crippen LogP contribution in [-0.2, 0) is 0 Å². The van der Waals surface area contributed by atoms with E-state index in [1.165, 1.54) is 23.5 Å². The standard InChI is InChI=1S/C26H23N3O4S/c1-4-33-23-14-18(6-12-22(23)30)15-27-26-28-24(21-11-5-16(2)13-17(21)3)25(34-26)19-7-9-20(10-8-19)29(31)32/h5-15,30H,4H2,1-3H3. The fraction of sp³-hybridized carbons (Fsp3) is 0.154. The Morgan fingerprint density at radius 3 is 2.56 bits per heavy atom. The summed E-state index contributed by atoms with van der Waals surface area (Å²) in [5, 5.41) is 21.5. The number of nitrogens with zero attached hydrogens (tertiary/aromatic N) is 3. The Morgan fingerprint density at radius 1 is 1.12 bits per heavy atom. The van der Waals surface area contributed by atoms with Gasteiger partial charge < -0.3 is 9.84 Å². The molecule has 4 rings (SSSR count). The highest BCUT2D eigenvalue weighted by Gasteiger charge is 2.17. The third-order valence-electron chi connectivity index (χ3n) is 5.20. The fourth-order valence-corrected chi connectivity index (χ4v) is 4.50. The minimum absolute atomic E-state index is 0.0389. The molecule has 4 aromatic rings. The molecule has 34 heavy (non-hydrogen) atoms. The number of hydrogen-bond donors (Lipinski definition) is 1. The van der Waals surface area contributed by atoms with Crippen LogP contribution in [0.15, 0.2) is 65.7 Å². The number of aryl methyl sites for hydroxylation is 2. The molecule has 3 aromatic carbocycles. The smallest absolute Gasteiger partial charge is 0.269 e. The maximum Gasteiger partial charge on any atom is 0.269 e. The van der Waals surface area contributed by atoms with E-state index in [1.54, 1.807) is 36.5 Å². The van der Waals surface area contributed by atoms with Crippen molar-refractivity contribution in [2.75, 3.05) is 6.61 Å². The topological polar surface area (TPSA) is 97.9 Å². The Hall–Kier alpha value is -4.04. The van der Waals surface area contributed by atoms with E-state index in [4.69, 9.17) is 9.72 Å². The largest absolute Gasteiger partial charge is 0.504 e. The summed E-state index contributed by atoms with van der Waals surface area (Å²) >= 11 is 1.41. The summed E-state index contributed by atoms with van der Waals surface area (Å²) in [6.07, 6.45) is 1.67. The second kappa shape index (κ2) is 9.84. The molecule has 1 heterocycles. The Bertz CT molecular complexity index is 1380. The van der Waals surface area contributed by atoms with Crippen molar-refractivity contribution in [3.8, 4) is 33.2 Å². The number of nitro benzene ring substituents is 1. The number of aromatic nitrogens is 1. The molecule has 0 bridgehead atoms. The first kappa shape index (κ1) is 23.1. The Labute approximate surface area is 201 Å². The number of aromatic hydroxyl groups is 1. The van der Waals surface area contributed by atoms with E-state index in [0.29, 0.717) is 17.5 Å². The van der Waals surface area contributed by atoms with Crippen molar-refractivity contribution >= 4 is 28.4 Å². The first-order chi connectivity index (χ1) is 16.4. The second-order valence-corrected chi connectivity index (χ2v) is 8.69. The average Bonchev–Trinajstić information content (AvgIpc) is 3.23. The van der Waals surface area contributed by atoms with Crippen molar-refractivity contribution in [1.82, 2.24) is 4.98 Å². The minimum atomic E-state index is -0.411. The van der Waals surface area contributed by atoms with Gasteiger partial charge in [-0.15, -0.1) is 0 Å². The van der Waals surface area contributed by atoms with Crippen LogP contribution < -0.4 is 4.74 Å². The summed E-state index contributed by atoms with van der Waals surface area (Å²) in [6, 6.07) is 17.7. The summed E-state index contributed by atoms with van der Waals surface area (Å²) in [5.74, 6) is 0.471. The van der Waals surface area contributed by atoms with Crippen LogP contribution >= 0.6 is 11.3 Å². The van der Waals surface area contributed by atoms with Gasteiger partial charge in [0.25, 0.3) is 5.69 Å². The molecule has 0 aliphatic carbocycles. The van der Waals surface area contributed by atoms with Crippen LogP contribution in [0.1, 0.15) is 23.6 Å². The molecule has 8 heteroatoms. The highest BCUT2D eigenvalue weighted by Crippen LogP contribution is 2.41. The van der Waals surface area contributed by atoms with Gasteiger partial charge in [-0.1, -0.05) is 35.1 Å². The number of hydrogen-bond acceptors (Lipinski definition) is 7. The summed E-state index contributed by atoms with van der Waals surface area (Å²) in [4.78, 5) is 20.9. The van der Waals surface area contributed by atoms with E-state index in [1.807, 2.05) is 32.9 Å². The molecule has 0 spiro atoms. The first-order valence-electron chi connectivity index (χ1n) is 10.7. The van der Waals surface area contributed by atoms with Crippen LogP contribution in [-0.4, -0.2) is 27.8 Å². The number of phenols is 1. The zero-order chi connectivity index (χ0) is 24.2. The van der Waals surface area contributed by atoms with Crippen molar-refractivity contribution in [3.63, 3.8) is 0 Å². The number of thiazole rings is 1. The van der Waals surface area contributed by atoms with E-state index in [-0.39, 0.29) is 11.4 Å². The molecule has 0 saturated carbocycles. The van der Waals surface area contributed by atoms with Gasteiger partial charge in [-0.2, -0.15) is 0 Å². The first-order valence-corrected chi connectivity index (χ1v) is 11.5. The average molecular weight is 474 g/mol. The highest BCUT2D eigenvalue weighted by atomic mass is 32.1. The molecule has 0 aliphatic heterocycles. The molecule has 0 amide bonds. The molecule has 172 valence electrons. The molecule has 0 unspecified atom stereocenters. The van der Waals surface area contributed by atoms with Crippen LogP contribution in [0.4, 0.5) is 10.8 Å². The quantitative estimate of drug-likeness (QED) is 0.180. The van der Waals surface area contributed by atoms with Crippen molar-refractivity contribution in [2.45, 2.75) is 20.8 Å². The monoisotopic (exact) mass is 473 g/mol. The second-order valence-electron chi connectivity index (χ2n) is 7.71. The third-order valence-corrected chi connectivity index (χ3v) is 6.21. The predicted molar refractivity (Wildman–Crippen MR) is 136 cm³/mol. The number of nitro groups is 1. The third kappa shape index (κ3) is 4.97. The molecule has 0 saturated heterocycles. The highest BCUT2D eigenvalue weighted by molar-refractivity contribution is 7.19. The van der Waals surface area contributed by atoms with Gasteiger partial charge in [-0.05, 0) is 67.8 Å². The molecule has 0 fully saturated rings. The molecule has 0 aliphatic rings. The van der Waals surface area contributed by atoms with Crippen molar-refractivity contribution in [1.29, 1.82) is 0 Å². The lowest BCUT2D eigenvalue weighted by Gasteiger charge is -2.07. The molecular formula is C26H23N3O4S. The molecule has 0 radical (unpaired) electrons. The van der Waals surface area contributed by atoms with Gasteiger partial charge in [-0.3, -0.25) is 10.1 Å². The Balaban J connectivity index is 1.77. The van der Waals surface area contributed by atoms with Gasteiger partial charge in [0.15, 0.2) is 11.5 Å². The number of ether oxygens (including phenoxy) is 1. The van der Waals surface area contributed by atoms with Gasteiger partial charge in [0.05, 0.1) is 22.1 Å². The van der Waals surface area contributed by atoms with Gasteiger partial charge in [-0.25, -0.2) is 9.98 Å². The van der Waals surface area contributed by atoms with Gasteiger partial charge >= 0.3 is 0 Å². The lowest BCUT2D eigenvalue weighted by molar-refractivity contribution is -0.384.